The van der Waals surface area contributed by atoms with Crippen LogP contribution in [0.3, 0.4) is 0 Å². The minimum absolute atomic E-state index is 0.0839. The van der Waals surface area contributed by atoms with E-state index in [0.717, 1.165) is 11.4 Å². The molecule has 1 heterocycles. The Labute approximate surface area is 134 Å². The molecule has 2 aromatic rings. The van der Waals surface area contributed by atoms with Gasteiger partial charge in [-0.1, -0.05) is 18.7 Å². The predicted octanol–water partition coefficient (Wildman–Crippen LogP) is 0.841. The van der Waals surface area contributed by atoms with Gasteiger partial charge in [-0.15, -0.1) is 10.2 Å². The van der Waals surface area contributed by atoms with Crippen molar-refractivity contribution in [3.63, 3.8) is 0 Å². The summed E-state index contributed by atoms with van der Waals surface area (Å²) in [6, 6.07) is 7.16. The van der Waals surface area contributed by atoms with E-state index in [9.17, 15) is 9.59 Å². The van der Waals surface area contributed by atoms with Gasteiger partial charge in [-0.25, -0.2) is 0 Å². The van der Waals surface area contributed by atoms with Gasteiger partial charge in [0.15, 0.2) is 0 Å². The first-order valence-electron chi connectivity index (χ1n) is 7.20. The Morgan fingerprint density at radius 3 is 2.91 bits per heavy atom. The number of hydrogen-bond acceptors (Lipinski definition) is 4. The van der Waals surface area contributed by atoms with Crippen LogP contribution in [0.2, 0.25) is 0 Å². The fraction of sp³-hybridized carbons (Fsp3) is 0.250. The zero-order chi connectivity index (χ0) is 16.7. The lowest BCUT2D eigenvalue weighted by Gasteiger charge is -2.07. The molecule has 0 saturated carbocycles. The molecule has 2 rings (SSSR count). The largest absolute Gasteiger partial charge is 0.355 e. The Kier molecular flexibility index (Phi) is 5.62. The second-order valence-electron chi connectivity index (χ2n) is 5.03. The second kappa shape index (κ2) is 7.88. The third-order valence-corrected chi connectivity index (χ3v) is 3.22. The molecule has 0 saturated heterocycles. The van der Waals surface area contributed by atoms with Crippen LogP contribution in [0.4, 0.5) is 5.69 Å². The van der Waals surface area contributed by atoms with Gasteiger partial charge in [0, 0.05) is 25.7 Å². The summed E-state index contributed by atoms with van der Waals surface area (Å²) in [6.07, 6.45) is 3.69. The van der Waals surface area contributed by atoms with Gasteiger partial charge < -0.3 is 15.2 Å². The Morgan fingerprint density at radius 2 is 2.22 bits per heavy atom. The van der Waals surface area contributed by atoms with Crippen molar-refractivity contribution in [1.29, 1.82) is 0 Å². The van der Waals surface area contributed by atoms with Crippen molar-refractivity contribution in [3.8, 4) is 0 Å². The molecule has 0 fully saturated rings. The van der Waals surface area contributed by atoms with Crippen molar-refractivity contribution in [2.24, 2.45) is 7.05 Å². The summed E-state index contributed by atoms with van der Waals surface area (Å²) in [5.41, 5.74) is 1.46. The van der Waals surface area contributed by atoms with Gasteiger partial charge in [0.2, 0.25) is 11.8 Å². The molecule has 1 aromatic carbocycles. The molecule has 0 bridgehead atoms. The summed E-state index contributed by atoms with van der Waals surface area (Å²) < 4.78 is 1.82. The molecule has 2 amide bonds. The maximum absolute atomic E-state index is 12.0. The van der Waals surface area contributed by atoms with Crippen molar-refractivity contribution < 1.29 is 9.59 Å². The van der Waals surface area contributed by atoms with Crippen LogP contribution in [0.5, 0.6) is 0 Å². The molecule has 0 aliphatic heterocycles. The number of carbonyl (C=O) groups is 2. The molecule has 0 atom stereocenters. The first kappa shape index (κ1) is 16.4. The van der Waals surface area contributed by atoms with Crippen molar-refractivity contribution in [1.82, 2.24) is 20.1 Å². The fourth-order valence-corrected chi connectivity index (χ4v) is 2.05. The van der Waals surface area contributed by atoms with Crippen LogP contribution in [0, 0.1) is 0 Å². The number of amides is 2. The van der Waals surface area contributed by atoms with E-state index in [-0.39, 0.29) is 18.2 Å². The third kappa shape index (κ3) is 5.06. The number of aromatic nitrogens is 3. The molecule has 0 unspecified atom stereocenters. The summed E-state index contributed by atoms with van der Waals surface area (Å²) in [4.78, 5) is 23.2. The van der Waals surface area contributed by atoms with Gasteiger partial charge in [-0.3, -0.25) is 9.59 Å². The molecule has 0 aliphatic rings. The molecule has 7 heteroatoms. The lowest BCUT2D eigenvalue weighted by molar-refractivity contribution is -0.120. The number of benzene rings is 1. The topological polar surface area (TPSA) is 88.9 Å². The highest BCUT2D eigenvalue weighted by Crippen LogP contribution is 2.11. The van der Waals surface area contributed by atoms with Gasteiger partial charge >= 0.3 is 0 Å². The highest BCUT2D eigenvalue weighted by atomic mass is 16.2. The summed E-state index contributed by atoms with van der Waals surface area (Å²) in [5, 5.41) is 13.3. The molecule has 0 spiro atoms. The molecular weight excluding hydrogens is 294 g/mol. The summed E-state index contributed by atoms with van der Waals surface area (Å²) in [5.74, 6) is 0.453. The Morgan fingerprint density at radius 1 is 1.39 bits per heavy atom. The number of anilines is 1. The minimum atomic E-state index is -0.282. The minimum Gasteiger partial charge on any atom is -0.355 e. The van der Waals surface area contributed by atoms with E-state index in [2.05, 4.69) is 27.4 Å². The first-order chi connectivity index (χ1) is 11.1. The van der Waals surface area contributed by atoms with E-state index in [1.807, 2.05) is 17.7 Å². The number of aryl methyl sites for hydroxylation is 1. The van der Waals surface area contributed by atoms with E-state index >= 15 is 0 Å². The number of rotatable bonds is 7. The van der Waals surface area contributed by atoms with Crippen LogP contribution in [0.25, 0.3) is 0 Å². The molecule has 7 nitrogen and oxygen atoms in total. The number of nitrogens with one attached hydrogen (secondary N) is 2. The summed E-state index contributed by atoms with van der Waals surface area (Å²) >= 11 is 0. The first-order valence-corrected chi connectivity index (χ1v) is 7.20. The molecular formula is C16H19N5O2. The van der Waals surface area contributed by atoms with Crippen LogP contribution in [0.15, 0.2) is 43.2 Å². The van der Waals surface area contributed by atoms with E-state index < -0.39 is 0 Å². The summed E-state index contributed by atoms with van der Waals surface area (Å²) in [7, 11) is 1.86. The zero-order valence-electron chi connectivity index (χ0n) is 13.0. The quantitative estimate of drug-likeness (QED) is 0.741. The molecule has 2 N–H and O–H groups in total. The van der Waals surface area contributed by atoms with Gasteiger partial charge in [0.1, 0.15) is 12.2 Å². The van der Waals surface area contributed by atoms with Crippen LogP contribution in [0.1, 0.15) is 11.4 Å². The average Bonchev–Trinajstić information content (AvgIpc) is 2.93. The lowest BCUT2D eigenvalue weighted by atomic mass is 10.1. The van der Waals surface area contributed by atoms with Crippen molar-refractivity contribution in [3.05, 3.63) is 54.6 Å². The Balaban J connectivity index is 1.82. The maximum Gasteiger partial charge on any atom is 0.247 e. The molecule has 0 radical (unpaired) electrons. The fourth-order valence-electron chi connectivity index (χ4n) is 2.05. The van der Waals surface area contributed by atoms with E-state index in [1.54, 1.807) is 24.5 Å². The lowest BCUT2D eigenvalue weighted by Crippen LogP contribution is -2.27. The number of hydrogen-bond donors (Lipinski definition) is 2. The van der Waals surface area contributed by atoms with Crippen LogP contribution < -0.4 is 10.6 Å². The van der Waals surface area contributed by atoms with Crippen LogP contribution in [-0.2, 0) is 29.5 Å². The van der Waals surface area contributed by atoms with Gasteiger partial charge in [0.05, 0.1) is 6.42 Å². The SMILES string of the molecule is C=CC(=O)Nc1cccc(CC(=O)NCCc2nncn2C)c1. The van der Waals surface area contributed by atoms with E-state index in [0.29, 0.717) is 18.7 Å². The summed E-state index contributed by atoms with van der Waals surface area (Å²) in [6.45, 7) is 3.90. The Bertz CT molecular complexity index is 708. The molecule has 0 aliphatic carbocycles. The van der Waals surface area contributed by atoms with Gasteiger partial charge in [-0.05, 0) is 23.8 Å². The second-order valence-corrected chi connectivity index (χ2v) is 5.03. The van der Waals surface area contributed by atoms with E-state index in [1.165, 1.54) is 6.08 Å². The standard InChI is InChI=1S/C16H19N5O2/c1-3-15(22)19-13-6-4-5-12(9-13)10-16(23)17-8-7-14-20-18-11-21(14)2/h3-6,9,11H,1,7-8,10H2,2H3,(H,17,23)(H,19,22). The normalized spacial score (nSPS) is 10.1. The third-order valence-electron chi connectivity index (χ3n) is 3.22. The van der Waals surface area contributed by atoms with Crippen molar-refractivity contribution >= 4 is 17.5 Å². The monoisotopic (exact) mass is 313 g/mol. The van der Waals surface area contributed by atoms with Crippen LogP contribution in [-0.4, -0.2) is 33.1 Å². The smallest absolute Gasteiger partial charge is 0.247 e. The van der Waals surface area contributed by atoms with Crippen molar-refractivity contribution in [2.45, 2.75) is 12.8 Å². The molecule has 1 aromatic heterocycles. The van der Waals surface area contributed by atoms with Gasteiger partial charge in [-0.2, -0.15) is 0 Å². The zero-order valence-corrected chi connectivity index (χ0v) is 13.0. The number of carbonyl (C=O) groups excluding carboxylic acids is 2. The molecule has 120 valence electrons. The average molecular weight is 313 g/mol. The number of nitrogens with zero attached hydrogens (tertiary/aromatic N) is 3. The highest BCUT2D eigenvalue weighted by molar-refractivity contribution is 5.98. The maximum atomic E-state index is 12.0. The van der Waals surface area contributed by atoms with Crippen molar-refractivity contribution in [2.75, 3.05) is 11.9 Å². The molecule has 23 heavy (non-hydrogen) atoms. The highest BCUT2D eigenvalue weighted by Gasteiger charge is 2.06. The van der Waals surface area contributed by atoms with E-state index in [4.69, 9.17) is 0 Å². The van der Waals surface area contributed by atoms with Crippen LogP contribution >= 0.6 is 0 Å². The Hall–Kier alpha value is -2.96. The predicted molar refractivity (Wildman–Crippen MR) is 86.7 cm³/mol. The van der Waals surface area contributed by atoms with Gasteiger partial charge in [0.25, 0.3) is 0 Å².